The summed E-state index contributed by atoms with van der Waals surface area (Å²) in [4.78, 5) is 5.36. The molecular formula is C66H37B3N4. The molecule has 4 nitrogen and oxygen atoms in total. The van der Waals surface area contributed by atoms with Gasteiger partial charge in [0.2, 0.25) is 0 Å². The fraction of sp³-hybridized carbons (Fsp3) is 0. The summed E-state index contributed by atoms with van der Waals surface area (Å²) in [5, 5.41) is 5.20. The number of benzene rings is 11. The van der Waals surface area contributed by atoms with Crippen molar-refractivity contribution in [3.8, 4) is 33.6 Å². The van der Waals surface area contributed by atoms with Crippen LogP contribution in [-0.4, -0.2) is 29.3 Å². The molecule has 0 saturated carbocycles. The van der Waals surface area contributed by atoms with E-state index in [1.807, 2.05) is 0 Å². The molecule has 330 valence electrons. The minimum atomic E-state index is 0.00326. The molecule has 11 aromatic carbocycles. The van der Waals surface area contributed by atoms with E-state index in [2.05, 4.69) is 243 Å². The van der Waals surface area contributed by atoms with Crippen LogP contribution >= 0.6 is 0 Å². The predicted octanol–water partition coefficient (Wildman–Crippen LogP) is 9.58. The van der Waals surface area contributed by atoms with Gasteiger partial charge in [-0.3, -0.25) is 0 Å². The second-order valence-electron chi connectivity index (χ2n) is 21.0. The van der Waals surface area contributed by atoms with Crippen molar-refractivity contribution in [2.75, 3.05) is 9.80 Å². The second kappa shape index (κ2) is 13.0. The highest BCUT2D eigenvalue weighted by Crippen LogP contribution is 2.48. The van der Waals surface area contributed by atoms with Gasteiger partial charge in [0.1, 0.15) is 0 Å². The van der Waals surface area contributed by atoms with Crippen LogP contribution in [0.4, 0.5) is 34.1 Å². The van der Waals surface area contributed by atoms with E-state index in [4.69, 9.17) is 0 Å². The Hall–Kier alpha value is -9.19. The lowest BCUT2D eigenvalue weighted by atomic mass is 9.26. The molecule has 0 aliphatic carbocycles. The van der Waals surface area contributed by atoms with E-state index in [9.17, 15) is 0 Å². The van der Waals surface area contributed by atoms with Crippen LogP contribution in [0.5, 0.6) is 0 Å². The lowest BCUT2D eigenvalue weighted by Crippen LogP contribution is -2.72. The van der Waals surface area contributed by atoms with Crippen molar-refractivity contribution in [1.82, 2.24) is 9.13 Å². The van der Waals surface area contributed by atoms with Crippen LogP contribution < -0.4 is 59.0 Å². The van der Waals surface area contributed by atoms with Crippen LogP contribution in [-0.2, 0) is 0 Å². The molecule has 8 heterocycles. The number of nitrogens with zero attached hydrogens (tertiary/aromatic N) is 4. The van der Waals surface area contributed by atoms with E-state index in [1.54, 1.807) is 0 Å². The Kier molecular flexibility index (Phi) is 6.71. The maximum Gasteiger partial charge on any atom is 0.252 e. The lowest BCUT2D eigenvalue weighted by molar-refractivity contribution is 1.17. The minimum absolute atomic E-state index is 0.00326. The smallest absolute Gasteiger partial charge is 0.252 e. The molecule has 0 atom stereocenters. The molecule has 2 aromatic heterocycles. The molecular weight excluding hydrogens is 881 g/mol. The normalized spacial score (nSPS) is 14.2. The SMILES string of the molecule is c1ccc(-c2ccc3c(c2)c2cccc4c2n3-c2cccc3c2B4c2cc4c5c6c2N3c2ccccc2B6c2ccccc2N5c2cccc3c2B4c2cccc4c5cc(-c6ccccc6)ccc5n-3c24)cc1. The first-order valence-electron chi connectivity index (χ1n) is 25.8. The Labute approximate surface area is 421 Å². The second-order valence-corrected chi connectivity index (χ2v) is 21.0. The highest BCUT2D eigenvalue weighted by Gasteiger charge is 2.54. The minimum Gasteiger partial charge on any atom is -0.312 e. The molecule has 0 fully saturated rings. The van der Waals surface area contributed by atoms with Crippen LogP contribution in [0.15, 0.2) is 224 Å². The summed E-state index contributed by atoms with van der Waals surface area (Å²) in [5.74, 6) is 0. The topological polar surface area (TPSA) is 16.3 Å². The summed E-state index contributed by atoms with van der Waals surface area (Å²) < 4.78 is 5.20. The van der Waals surface area contributed by atoms with Crippen LogP contribution in [0.3, 0.4) is 0 Å². The van der Waals surface area contributed by atoms with E-state index < -0.39 is 0 Å². The number of aromatic nitrogens is 2. The van der Waals surface area contributed by atoms with Gasteiger partial charge >= 0.3 is 0 Å². The highest BCUT2D eigenvalue weighted by atomic mass is 15.2. The van der Waals surface area contributed by atoms with Gasteiger partial charge in [-0.1, -0.05) is 164 Å². The number of para-hydroxylation sites is 4. The fourth-order valence-corrected chi connectivity index (χ4v) is 15.2. The maximum atomic E-state index is 2.71. The third-order valence-corrected chi connectivity index (χ3v) is 17.8. The Morgan fingerprint density at radius 1 is 0.247 bits per heavy atom. The standard InChI is InChI=1S/C66H37B3N4/c1-3-15-38(16-4-1)40-31-33-52-44(35-40)42-19-11-23-48-63(42)70(52)56-27-13-29-58-60(56)68(48)50-37-51-66-62-65(50)72(58)54-25-9-7-21-46(54)67(62)47-22-8-10-26-55(47)73(66)59-30-14-28-57-61(59)69(51)49-24-12-20-43-45-36-41(39-17-5-2-6-18-39)32-34-53(45)71(57)64(43)49/h1-37H. The molecule has 0 radical (unpaired) electrons. The molecule has 0 spiro atoms. The van der Waals surface area contributed by atoms with Gasteiger partial charge in [0.25, 0.3) is 20.1 Å². The summed E-state index contributed by atoms with van der Waals surface area (Å²) >= 11 is 0. The predicted molar refractivity (Wildman–Crippen MR) is 309 cm³/mol. The van der Waals surface area contributed by atoms with Gasteiger partial charge < -0.3 is 18.9 Å². The summed E-state index contributed by atoms with van der Waals surface area (Å²) in [7, 11) is 0. The van der Waals surface area contributed by atoms with Crippen molar-refractivity contribution in [1.29, 1.82) is 0 Å². The Balaban J connectivity index is 0.954. The largest absolute Gasteiger partial charge is 0.312 e. The van der Waals surface area contributed by atoms with Crippen molar-refractivity contribution in [3.63, 3.8) is 0 Å². The van der Waals surface area contributed by atoms with E-state index in [0.717, 1.165) is 0 Å². The number of hydrogen-bond donors (Lipinski definition) is 0. The molecule has 0 unspecified atom stereocenters. The molecule has 19 rings (SSSR count). The zero-order chi connectivity index (χ0) is 46.9. The van der Waals surface area contributed by atoms with Crippen molar-refractivity contribution in [2.24, 2.45) is 0 Å². The van der Waals surface area contributed by atoms with E-state index in [1.165, 1.54) is 161 Å². The van der Waals surface area contributed by atoms with Crippen molar-refractivity contribution >= 4 is 147 Å². The van der Waals surface area contributed by atoms with Gasteiger partial charge in [-0.2, -0.15) is 0 Å². The summed E-state index contributed by atoms with van der Waals surface area (Å²) in [5.41, 5.74) is 32.8. The number of hydrogen-bond acceptors (Lipinski definition) is 2. The monoisotopic (exact) mass is 918 g/mol. The third-order valence-electron chi connectivity index (χ3n) is 17.8. The van der Waals surface area contributed by atoms with Gasteiger partial charge in [-0.25, -0.2) is 0 Å². The third kappa shape index (κ3) is 4.36. The van der Waals surface area contributed by atoms with Gasteiger partial charge in [-0.05, 0) is 132 Å². The number of anilines is 6. The summed E-state index contributed by atoms with van der Waals surface area (Å²) in [6, 6.07) is 85.7. The first-order valence-corrected chi connectivity index (χ1v) is 25.8. The Morgan fingerprint density at radius 3 is 1.14 bits per heavy atom. The average Bonchev–Trinajstić information content (AvgIpc) is 3.98. The van der Waals surface area contributed by atoms with Crippen LogP contribution in [0, 0.1) is 0 Å². The zero-order valence-corrected chi connectivity index (χ0v) is 39.4. The number of fused-ring (bicyclic) bond motifs is 20. The molecule has 6 aliphatic heterocycles. The van der Waals surface area contributed by atoms with Crippen molar-refractivity contribution in [2.45, 2.75) is 0 Å². The molecule has 0 amide bonds. The first-order chi connectivity index (χ1) is 36.3. The molecule has 0 N–H and O–H groups in total. The van der Waals surface area contributed by atoms with Gasteiger partial charge in [-0.15, -0.1) is 0 Å². The molecule has 0 saturated heterocycles. The van der Waals surface area contributed by atoms with Crippen LogP contribution in [0.2, 0.25) is 0 Å². The maximum absolute atomic E-state index is 2.71. The summed E-state index contributed by atoms with van der Waals surface area (Å²) in [6.45, 7) is 0.0505. The summed E-state index contributed by atoms with van der Waals surface area (Å²) in [6.07, 6.45) is 0. The van der Waals surface area contributed by atoms with Crippen molar-refractivity contribution < 1.29 is 0 Å². The Morgan fingerprint density at radius 2 is 0.644 bits per heavy atom. The molecule has 6 aliphatic rings. The van der Waals surface area contributed by atoms with E-state index >= 15 is 0 Å². The van der Waals surface area contributed by atoms with Gasteiger partial charge in [0.15, 0.2) is 0 Å². The van der Waals surface area contributed by atoms with Crippen LogP contribution in [0.1, 0.15) is 0 Å². The molecule has 73 heavy (non-hydrogen) atoms. The van der Waals surface area contributed by atoms with Gasteiger partial charge in [0.05, 0.1) is 11.0 Å². The molecule has 13 aromatic rings. The lowest BCUT2D eigenvalue weighted by Gasteiger charge is -2.51. The van der Waals surface area contributed by atoms with Crippen molar-refractivity contribution in [3.05, 3.63) is 224 Å². The number of rotatable bonds is 2. The van der Waals surface area contributed by atoms with Gasteiger partial charge in [0, 0.05) is 78.1 Å². The van der Waals surface area contributed by atoms with E-state index in [-0.39, 0.29) is 20.1 Å². The van der Waals surface area contributed by atoms with E-state index in [0.29, 0.717) is 0 Å². The van der Waals surface area contributed by atoms with Crippen LogP contribution in [0.25, 0.3) is 77.2 Å². The zero-order valence-electron chi connectivity index (χ0n) is 39.4. The highest BCUT2D eigenvalue weighted by molar-refractivity contribution is 7.07. The first kappa shape index (κ1) is 37.6. The molecule has 7 heteroatoms. The fourth-order valence-electron chi connectivity index (χ4n) is 15.2. The Bertz CT molecular complexity index is 4430. The molecule has 0 bridgehead atoms. The average molecular weight is 918 g/mol. The quantitative estimate of drug-likeness (QED) is 0.161.